The molecule has 3 aromatic carbocycles. The summed E-state index contributed by atoms with van der Waals surface area (Å²) in [7, 11) is 0. The number of hydrogen-bond acceptors (Lipinski definition) is 4. The summed E-state index contributed by atoms with van der Waals surface area (Å²) in [6, 6.07) is 24.4. The van der Waals surface area contributed by atoms with Gasteiger partial charge in [0.15, 0.2) is 0 Å². The number of carbonyl (C=O) groups is 2. The molecule has 6 nitrogen and oxygen atoms in total. The molecule has 0 saturated carbocycles. The molecule has 1 aliphatic rings. The van der Waals surface area contributed by atoms with Crippen LogP contribution in [0.5, 0.6) is 0 Å². The number of benzene rings is 3. The molecular weight excluding hydrogens is 484 g/mol. The summed E-state index contributed by atoms with van der Waals surface area (Å²) >= 11 is 6.04. The first-order valence-electron chi connectivity index (χ1n) is 12.8. The Balaban J connectivity index is 1.43. The van der Waals surface area contributed by atoms with Gasteiger partial charge in [-0.25, -0.2) is 0 Å². The van der Waals surface area contributed by atoms with E-state index in [4.69, 9.17) is 23.1 Å². The van der Waals surface area contributed by atoms with Gasteiger partial charge in [-0.1, -0.05) is 78.3 Å². The second-order valence-corrected chi connectivity index (χ2v) is 10.2. The lowest BCUT2D eigenvalue weighted by atomic mass is 9.96. The highest BCUT2D eigenvalue weighted by Crippen LogP contribution is 2.28. The Morgan fingerprint density at radius 2 is 1.57 bits per heavy atom. The minimum atomic E-state index is -0.659. The summed E-state index contributed by atoms with van der Waals surface area (Å²) in [6.07, 6.45) is 2.61. The number of aryl methyl sites for hydroxylation is 1. The Labute approximate surface area is 224 Å². The van der Waals surface area contributed by atoms with Crippen LogP contribution in [0.4, 0.5) is 0 Å². The minimum absolute atomic E-state index is 0.148. The number of carbonyl (C=O) groups excluding carboxylic acids is 2. The van der Waals surface area contributed by atoms with E-state index >= 15 is 0 Å². The van der Waals surface area contributed by atoms with Crippen LogP contribution in [0.2, 0.25) is 5.02 Å². The van der Waals surface area contributed by atoms with Gasteiger partial charge in [0.25, 0.3) is 0 Å². The molecule has 0 radical (unpaired) electrons. The van der Waals surface area contributed by atoms with Crippen molar-refractivity contribution in [2.24, 2.45) is 17.4 Å². The van der Waals surface area contributed by atoms with Crippen molar-refractivity contribution in [3.05, 3.63) is 106 Å². The molecule has 1 aliphatic heterocycles. The third kappa shape index (κ3) is 7.41. The largest absolute Gasteiger partial charge is 0.350 e. The van der Waals surface area contributed by atoms with Crippen LogP contribution < -0.4 is 16.8 Å². The van der Waals surface area contributed by atoms with Crippen molar-refractivity contribution < 1.29 is 9.59 Å². The van der Waals surface area contributed by atoms with Crippen LogP contribution in [0.3, 0.4) is 0 Å². The fraction of sp³-hybridized carbons (Fsp3) is 0.333. The van der Waals surface area contributed by atoms with E-state index in [-0.39, 0.29) is 17.7 Å². The standard InChI is InChI=1S/C30H35ClN4O2/c31-26-13-10-22(11-14-26)16-25-17-28(29(36)34-19-24-8-6-23(18-32)7-9-24)35(20-25)30(37)27(33)15-12-21-4-2-1-3-5-21/h1-11,13-14,25,27-28H,12,15-20,32-33H2,(H,34,36). The molecule has 0 aromatic heterocycles. The third-order valence-corrected chi connectivity index (χ3v) is 7.29. The SMILES string of the molecule is NCc1ccc(CNC(=O)C2CC(Cc3ccc(Cl)cc3)CN2C(=O)C(N)CCc2ccccc2)cc1. The van der Waals surface area contributed by atoms with Gasteiger partial charge in [-0.3, -0.25) is 9.59 Å². The summed E-state index contributed by atoms with van der Waals surface area (Å²) in [6.45, 7) is 1.37. The van der Waals surface area contributed by atoms with Crippen LogP contribution in [-0.2, 0) is 35.5 Å². The van der Waals surface area contributed by atoms with Gasteiger partial charge in [-0.2, -0.15) is 0 Å². The topological polar surface area (TPSA) is 101 Å². The van der Waals surface area contributed by atoms with E-state index < -0.39 is 12.1 Å². The zero-order valence-corrected chi connectivity index (χ0v) is 21.7. The van der Waals surface area contributed by atoms with Gasteiger partial charge < -0.3 is 21.7 Å². The highest BCUT2D eigenvalue weighted by Gasteiger charge is 2.40. The number of hydrogen-bond donors (Lipinski definition) is 3. The van der Waals surface area contributed by atoms with Crippen molar-refractivity contribution in [3.8, 4) is 0 Å². The van der Waals surface area contributed by atoms with Crippen LogP contribution in [0.1, 0.15) is 35.1 Å². The van der Waals surface area contributed by atoms with Gasteiger partial charge in [-0.15, -0.1) is 0 Å². The van der Waals surface area contributed by atoms with Crippen molar-refractivity contribution in [1.29, 1.82) is 0 Å². The first-order chi connectivity index (χ1) is 17.9. The second-order valence-electron chi connectivity index (χ2n) is 9.81. The number of likely N-dealkylation sites (tertiary alicyclic amines) is 1. The molecule has 1 fully saturated rings. The number of nitrogens with one attached hydrogen (secondary N) is 1. The number of nitrogens with two attached hydrogens (primary N) is 2. The van der Waals surface area contributed by atoms with Crippen LogP contribution in [-0.4, -0.2) is 35.3 Å². The molecule has 1 saturated heterocycles. The maximum absolute atomic E-state index is 13.5. The molecule has 37 heavy (non-hydrogen) atoms. The van der Waals surface area contributed by atoms with Gasteiger partial charge in [0.05, 0.1) is 6.04 Å². The zero-order valence-electron chi connectivity index (χ0n) is 21.0. The van der Waals surface area contributed by atoms with E-state index in [1.807, 2.05) is 78.9 Å². The average Bonchev–Trinajstić information content (AvgIpc) is 3.36. The maximum Gasteiger partial charge on any atom is 0.243 e. The summed E-state index contributed by atoms with van der Waals surface area (Å²) in [4.78, 5) is 28.5. The smallest absolute Gasteiger partial charge is 0.243 e. The molecular formula is C30H35ClN4O2. The van der Waals surface area contributed by atoms with Crippen molar-refractivity contribution in [3.63, 3.8) is 0 Å². The maximum atomic E-state index is 13.5. The summed E-state index contributed by atoms with van der Waals surface area (Å²) in [5, 5.41) is 3.72. The van der Waals surface area contributed by atoms with Crippen LogP contribution >= 0.6 is 11.6 Å². The van der Waals surface area contributed by atoms with E-state index in [9.17, 15) is 9.59 Å². The fourth-order valence-electron chi connectivity index (χ4n) is 4.92. The molecule has 3 unspecified atom stereocenters. The molecule has 5 N–H and O–H groups in total. The lowest BCUT2D eigenvalue weighted by Gasteiger charge is -2.27. The molecule has 1 heterocycles. The van der Waals surface area contributed by atoms with E-state index in [0.717, 1.165) is 28.7 Å². The molecule has 0 bridgehead atoms. The predicted molar refractivity (Wildman–Crippen MR) is 148 cm³/mol. The number of halogens is 1. The fourth-order valence-corrected chi connectivity index (χ4v) is 5.05. The highest BCUT2D eigenvalue weighted by molar-refractivity contribution is 6.30. The molecule has 7 heteroatoms. The molecule has 0 spiro atoms. The molecule has 3 atom stereocenters. The number of amides is 2. The van der Waals surface area contributed by atoms with E-state index in [1.165, 1.54) is 0 Å². The van der Waals surface area contributed by atoms with Gasteiger partial charge in [0.2, 0.25) is 11.8 Å². The first kappa shape index (κ1) is 26.9. The Kier molecular flexibility index (Phi) is 9.34. The Bertz CT molecular complexity index is 1170. The Morgan fingerprint density at radius 3 is 2.24 bits per heavy atom. The third-order valence-electron chi connectivity index (χ3n) is 7.04. The summed E-state index contributed by atoms with van der Waals surface area (Å²) in [5.74, 6) is -0.155. The average molecular weight is 519 g/mol. The Hall–Kier alpha value is -3.19. The Morgan fingerprint density at radius 1 is 0.919 bits per heavy atom. The second kappa shape index (κ2) is 12.9. The van der Waals surface area contributed by atoms with Gasteiger partial charge in [0.1, 0.15) is 6.04 Å². The molecule has 3 aromatic rings. The number of nitrogens with zero attached hydrogens (tertiary/aromatic N) is 1. The molecule has 0 aliphatic carbocycles. The minimum Gasteiger partial charge on any atom is -0.350 e. The van der Waals surface area contributed by atoms with E-state index in [1.54, 1.807) is 4.90 Å². The summed E-state index contributed by atoms with van der Waals surface area (Å²) < 4.78 is 0. The van der Waals surface area contributed by atoms with Crippen molar-refractivity contribution in [2.45, 2.75) is 50.9 Å². The highest BCUT2D eigenvalue weighted by atomic mass is 35.5. The zero-order chi connectivity index (χ0) is 26.2. The van der Waals surface area contributed by atoms with Gasteiger partial charge in [-0.05, 0) is 66.0 Å². The normalized spacial score (nSPS) is 18.0. The van der Waals surface area contributed by atoms with E-state index in [2.05, 4.69) is 5.32 Å². The lowest BCUT2D eigenvalue weighted by molar-refractivity contribution is -0.139. The van der Waals surface area contributed by atoms with Crippen LogP contribution in [0, 0.1) is 5.92 Å². The first-order valence-corrected chi connectivity index (χ1v) is 13.2. The van der Waals surface area contributed by atoms with Gasteiger partial charge in [0, 0.05) is 24.7 Å². The van der Waals surface area contributed by atoms with Crippen LogP contribution in [0.25, 0.3) is 0 Å². The van der Waals surface area contributed by atoms with Crippen molar-refractivity contribution in [1.82, 2.24) is 10.2 Å². The van der Waals surface area contributed by atoms with Crippen molar-refractivity contribution >= 4 is 23.4 Å². The van der Waals surface area contributed by atoms with Gasteiger partial charge >= 0.3 is 0 Å². The van der Waals surface area contributed by atoms with E-state index in [0.29, 0.717) is 43.9 Å². The lowest BCUT2D eigenvalue weighted by Crippen LogP contribution is -2.51. The van der Waals surface area contributed by atoms with Crippen LogP contribution in [0.15, 0.2) is 78.9 Å². The number of rotatable bonds is 10. The molecule has 2 amide bonds. The monoisotopic (exact) mass is 518 g/mol. The molecule has 194 valence electrons. The summed E-state index contributed by atoms with van der Waals surface area (Å²) in [5.41, 5.74) is 16.3. The molecule has 4 rings (SSSR count). The quantitative estimate of drug-likeness (QED) is 0.379. The van der Waals surface area contributed by atoms with Crippen molar-refractivity contribution in [2.75, 3.05) is 6.54 Å². The predicted octanol–water partition coefficient (Wildman–Crippen LogP) is 3.83.